The van der Waals surface area contributed by atoms with Crippen molar-refractivity contribution in [3.05, 3.63) is 24.2 Å². The number of anilines is 2. The van der Waals surface area contributed by atoms with Gasteiger partial charge in [-0.3, -0.25) is 4.90 Å². The van der Waals surface area contributed by atoms with Crippen LogP contribution >= 0.6 is 0 Å². The maximum atomic E-state index is 13.1. The monoisotopic (exact) mass is 478 g/mol. The minimum atomic E-state index is -3.62. The van der Waals surface area contributed by atoms with Crippen LogP contribution in [0.4, 0.5) is 11.6 Å². The lowest BCUT2D eigenvalue weighted by Gasteiger charge is -2.35. The Labute approximate surface area is 195 Å². The number of piperazine rings is 2. The van der Waals surface area contributed by atoms with Crippen LogP contribution in [0.5, 0.6) is 0 Å². The van der Waals surface area contributed by atoms with E-state index in [4.69, 9.17) is 5.11 Å². The lowest BCUT2D eigenvalue weighted by molar-refractivity contribution is 0.188. The fourth-order valence-electron chi connectivity index (χ4n) is 4.40. The van der Waals surface area contributed by atoms with Crippen molar-refractivity contribution < 1.29 is 13.5 Å². The van der Waals surface area contributed by atoms with Gasteiger partial charge in [-0.25, -0.2) is 13.4 Å². The molecule has 2 aromatic heterocycles. The van der Waals surface area contributed by atoms with Crippen LogP contribution in [0.1, 0.15) is 25.6 Å². The molecule has 0 spiro atoms. The van der Waals surface area contributed by atoms with Gasteiger partial charge in [0.2, 0.25) is 0 Å². The molecule has 0 bridgehead atoms. The second-order valence-corrected chi connectivity index (χ2v) is 10.8. The van der Waals surface area contributed by atoms with Gasteiger partial charge in [0, 0.05) is 78.1 Å². The first-order valence-corrected chi connectivity index (χ1v) is 12.9. The highest BCUT2D eigenvalue weighted by atomic mass is 32.2. The third kappa shape index (κ3) is 5.13. The Kier molecular flexibility index (Phi) is 7.17. The third-order valence-corrected chi connectivity index (χ3v) is 8.09. The Balaban J connectivity index is 1.35. The minimum absolute atomic E-state index is 0.116. The molecule has 12 heteroatoms. The van der Waals surface area contributed by atoms with Gasteiger partial charge in [0.25, 0.3) is 10.0 Å². The topological polar surface area (TPSA) is 111 Å². The highest BCUT2D eigenvalue weighted by Crippen LogP contribution is 2.22. The zero-order valence-corrected chi connectivity index (χ0v) is 20.4. The van der Waals surface area contributed by atoms with Crippen LogP contribution in [0.3, 0.4) is 0 Å². The molecule has 33 heavy (non-hydrogen) atoms. The summed E-state index contributed by atoms with van der Waals surface area (Å²) in [5, 5.41) is 18.0. The molecule has 0 amide bonds. The molecule has 2 aliphatic rings. The summed E-state index contributed by atoms with van der Waals surface area (Å²) >= 11 is 0. The number of aliphatic hydroxyl groups excluding tert-OH is 1. The second-order valence-electron chi connectivity index (χ2n) is 8.90. The average molecular weight is 479 g/mol. The number of aryl methyl sites for hydroxylation is 1. The summed E-state index contributed by atoms with van der Waals surface area (Å²) in [5.41, 5.74) is 0. The van der Waals surface area contributed by atoms with E-state index in [1.807, 2.05) is 33.0 Å². The summed E-state index contributed by atoms with van der Waals surface area (Å²) in [5.74, 6) is 2.52. The first-order valence-electron chi connectivity index (χ1n) is 11.5. The van der Waals surface area contributed by atoms with Gasteiger partial charge < -0.3 is 19.5 Å². The Morgan fingerprint density at radius 2 is 1.48 bits per heavy atom. The molecular formula is C21H34N8O3S. The van der Waals surface area contributed by atoms with Gasteiger partial charge in [-0.2, -0.15) is 4.31 Å². The van der Waals surface area contributed by atoms with Crippen LogP contribution in [-0.2, 0) is 17.1 Å². The first kappa shape index (κ1) is 23.9. The predicted molar refractivity (Wildman–Crippen MR) is 126 cm³/mol. The van der Waals surface area contributed by atoms with Crippen molar-refractivity contribution in [3.8, 4) is 0 Å². The Bertz CT molecular complexity index is 1020. The molecule has 182 valence electrons. The van der Waals surface area contributed by atoms with Crippen molar-refractivity contribution in [1.29, 1.82) is 0 Å². The molecule has 1 N–H and O–H groups in total. The van der Waals surface area contributed by atoms with Gasteiger partial charge in [0.15, 0.2) is 16.7 Å². The lowest BCUT2D eigenvalue weighted by atomic mass is 10.2. The zero-order valence-electron chi connectivity index (χ0n) is 19.6. The molecule has 11 nitrogen and oxygen atoms in total. The number of imidazole rings is 1. The van der Waals surface area contributed by atoms with Crippen LogP contribution in [0.25, 0.3) is 0 Å². The molecule has 0 radical (unpaired) electrons. The van der Waals surface area contributed by atoms with Crippen LogP contribution < -0.4 is 9.80 Å². The van der Waals surface area contributed by atoms with E-state index in [9.17, 15) is 8.42 Å². The SMILES string of the molecule is CC(C)c1nc(S(=O)(=O)N2CCN(c3ccc(N4CCN(CCO)CC4)nn3)CC2)cn1C. The minimum Gasteiger partial charge on any atom is -0.395 e. The van der Waals surface area contributed by atoms with Crippen molar-refractivity contribution in [2.45, 2.75) is 24.8 Å². The number of rotatable bonds is 7. The standard InChI is InChI=1S/C21H34N8O3S/c1-17(2)21-22-20(16-25(21)3)33(31,32)29-12-10-28(11-13-29)19-5-4-18(23-24-19)27-8-6-26(7-9-27)14-15-30/h4-5,16-17,30H,6-15H2,1-3H3. The van der Waals surface area contributed by atoms with Gasteiger partial charge in [-0.15, -0.1) is 10.2 Å². The van der Waals surface area contributed by atoms with Crippen molar-refractivity contribution in [3.63, 3.8) is 0 Å². The van der Waals surface area contributed by atoms with Crippen LogP contribution in [0, 0.1) is 0 Å². The quantitative estimate of drug-likeness (QED) is 0.586. The number of hydrogen-bond donors (Lipinski definition) is 1. The molecular weight excluding hydrogens is 444 g/mol. The van der Waals surface area contributed by atoms with E-state index in [0.29, 0.717) is 32.7 Å². The van der Waals surface area contributed by atoms with Crippen molar-refractivity contribution in [1.82, 2.24) is 29.0 Å². The van der Waals surface area contributed by atoms with E-state index < -0.39 is 10.0 Å². The molecule has 2 aromatic rings. The first-order chi connectivity index (χ1) is 15.8. The van der Waals surface area contributed by atoms with Crippen LogP contribution in [0.15, 0.2) is 23.4 Å². The van der Waals surface area contributed by atoms with Crippen molar-refractivity contribution >= 4 is 21.7 Å². The molecule has 0 aromatic carbocycles. The molecule has 0 aliphatic carbocycles. The zero-order chi connectivity index (χ0) is 23.6. The van der Waals surface area contributed by atoms with E-state index in [-0.39, 0.29) is 17.6 Å². The summed E-state index contributed by atoms with van der Waals surface area (Å²) < 4.78 is 29.5. The average Bonchev–Trinajstić information content (AvgIpc) is 3.23. The fourth-order valence-corrected chi connectivity index (χ4v) is 5.81. The van der Waals surface area contributed by atoms with E-state index in [1.54, 1.807) is 10.8 Å². The largest absolute Gasteiger partial charge is 0.395 e. The number of aliphatic hydroxyl groups is 1. The van der Waals surface area contributed by atoms with E-state index in [2.05, 4.69) is 29.9 Å². The fraction of sp³-hybridized carbons (Fsp3) is 0.667. The number of aromatic nitrogens is 4. The smallest absolute Gasteiger partial charge is 0.262 e. The molecule has 2 fully saturated rings. The highest BCUT2D eigenvalue weighted by Gasteiger charge is 2.31. The van der Waals surface area contributed by atoms with Gasteiger partial charge in [-0.1, -0.05) is 13.8 Å². The van der Waals surface area contributed by atoms with Gasteiger partial charge in [0.1, 0.15) is 5.82 Å². The van der Waals surface area contributed by atoms with Crippen LogP contribution in [0.2, 0.25) is 0 Å². The van der Waals surface area contributed by atoms with E-state index >= 15 is 0 Å². The molecule has 0 unspecified atom stereocenters. The molecule has 0 atom stereocenters. The van der Waals surface area contributed by atoms with Crippen molar-refractivity contribution in [2.75, 3.05) is 75.3 Å². The summed E-state index contributed by atoms with van der Waals surface area (Å²) in [6.45, 7) is 10.3. The molecule has 4 rings (SSSR count). The number of hydrogen-bond acceptors (Lipinski definition) is 9. The number of β-amino-alcohol motifs (C(OH)–C–C–N with tert-alkyl or cyclic N) is 1. The van der Waals surface area contributed by atoms with Gasteiger partial charge in [0.05, 0.1) is 6.61 Å². The number of sulfonamides is 1. The summed E-state index contributed by atoms with van der Waals surface area (Å²) in [7, 11) is -1.79. The number of nitrogens with zero attached hydrogens (tertiary/aromatic N) is 8. The maximum Gasteiger partial charge on any atom is 0.262 e. The Hall–Kier alpha value is -2.28. The Morgan fingerprint density at radius 1 is 0.939 bits per heavy atom. The van der Waals surface area contributed by atoms with Crippen molar-refractivity contribution in [2.24, 2.45) is 7.05 Å². The lowest BCUT2D eigenvalue weighted by Crippen LogP contribution is -2.49. The Morgan fingerprint density at radius 3 is 1.94 bits per heavy atom. The van der Waals surface area contributed by atoms with Gasteiger partial charge >= 0.3 is 0 Å². The summed E-state index contributed by atoms with van der Waals surface area (Å²) in [6, 6.07) is 3.94. The molecule has 0 saturated carbocycles. The summed E-state index contributed by atoms with van der Waals surface area (Å²) in [6.07, 6.45) is 1.60. The molecule has 2 saturated heterocycles. The summed E-state index contributed by atoms with van der Waals surface area (Å²) in [4.78, 5) is 10.9. The normalized spacial score (nSPS) is 18.9. The van der Waals surface area contributed by atoms with E-state index in [0.717, 1.165) is 43.6 Å². The molecule has 2 aliphatic heterocycles. The maximum absolute atomic E-state index is 13.1. The predicted octanol–water partition coefficient (Wildman–Crippen LogP) is -0.0413. The van der Waals surface area contributed by atoms with E-state index in [1.165, 1.54) is 4.31 Å². The highest BCUT2D eigenvalue weighted by molar-refractivity contribution is 7.89. The van der Waals surface area contributed by atoms with Crippen LogP contribution in [-0.4, -0.2) is 108 Å². The second kappa shape index (κ2) is 9.92. The molecule has 4 heterocycles. The van der Waals surface area contributed by atoms with Gasteiger partial charge in [-0.05, 0) is 12.1 Å². The third-order valence-electron chi connectivity index (χ3n) is 6.32.